The van der Waals surface area contributed by atoms with Crippen LogP contribution >= 0.6 is 34.5 Å². The van der Waals surface area contributed by atoms with Gasteiger partial charge in [-0.2, -0.15) is 0 Å². The summed E-state index contributed by atoms with van der Waals surface area (Å²) in [4.78, 5) is 11.4. The summed E-state index contributed by atoms with van der Waals surface area (Å²) in [5.41, 5.74) is 0.810. The molecular weight excluding hydrogens is 309 g/mol. The van der Waals surface area contributed by atoms with Crippen molar-refractivity contribution < 1.29 is 13.9 Å². The number of hydrogen-bond donors (Lipinski definition) is 1. The van der Waals surface area contributed by atoms with Crippen molar-refractivity contribution in [3.05, 3.63) is 44.0 Å². The Morgan fingerprint density at radius 1 is 1.47 bits per heavy atom. The number of carbonyl (C=O) groups is 1. The lowest BCUT2D eigenvalue weighted by Crippen LogP contribution is -2.16. The predicted octanol–water partition coefficient (Wildman–Crippen LogP) is 3.74. The molecule has 1 atom stereocenters. The Bertz CT molecular complexity index is 594. The van der Waals surface area contributed by atoms with Gasteiger partial charge in [-0.3, -0.25) is 0 Å². The molecule has 0 aliphatic rings. The highest BCUT2D eigenvalue weighted by atomic mass is 35.5. The van der Waals surface area contributed by atoms with Crippen molar-refractivity contribution in [2.24, 2.45) is 0 Å². The minimum absolute atomic E-state index is 0.148. The zero-order valence-corrected chi connectivity index (χ0v) is 12.5. The second kappa shape index (κ2) is 5.96. The normalized spacial score (nSPS) is 12.4. The second-order valence-corrected chi connectivity index (χ2v) is 5.98. The maximum Gasteiger partial charge on any atom is 0.373 e. The van der Waals surface area contributed by atoms with Crippen LogP contribution in [0.2, 0.25) is 8.67 Å². The predicted molar refractivity (Wildman–Crippen MR) is 75.3 cm³/mol. The van der Waals surface area contributed by atoms with Gasteiger partial charge in [-0.25, -0.2) is 4.79 Å². The quantitative estimate of drug-likeness (QED) is 0.872. The molecule has 0 fully saturated rings. The van der Waals surface area contributed by atoms with E-state index in [1.54, 1.807) is 25.2 Å². The van der Waals surface area contributed by atoms with Gasteiger partial charge in [-0.1, -0.05) is 23.2 Å². The van der Waals surface area contributed by atoms with Crippen LogP contribution in [0, 0.1) is 0 Å². The fraction of sp³-hybridized carbons (Fsp3) is 0.250. The molecule has 0 spiro atoms. The SMILES string of the molecule is CNC(c1ccc(C(=O)OC)o1)c1cc(Cl)sc1Cl. The van der Waals surface area contributed by atoms with Crippen LogP contribution in [0.4, 0.5) is 0 Å². The summed E-state index contributed by atoms with van der Waals surface area (Å²) in [6.45, 7) is 0. The van der Waals surface area contributed by atoms with Crippen LogP contribution in [-0.4, -0.2) is 20.1 Å². The molecule has 0 saturated carbocycles. The smallest absolute Gasteiger partial charge is 0.373 e. The Labute approximate surface area is 124 Å². The van der Waals surface area contributed by atoms with Gasteiger partial charge in [0, 0.05) is 5.56 Å². The second-order valence-electron chi connectivity index (χ2n) is 3.69. The number of thiophene rings is 1. The number of hydrogen-bond acceptors (Lipinski definition) is 5. The average Bonchev–Trinajstić information content (AvgIpc) is 2.98. The number of furan rings is 1. The molecule has 0 aliphatic heterocycles. The largest absolute Gasteiger partial charge is 0.463 e. The maximum absolute atomic E-state index is 11.4. The zero-order chi connectivity index (χ0) is 14.0. The van der Waals surface area contributed by atoms with E-state index in [4.69, 9.17) is 27.6 Å². The minimum Gasteiger partial charge on any atom is -0.463 e. The molecule has 1 N–H and O–H groups in total. The highest BCUT2D eigenvalue weighted by Crippen LogP contribution is 2.37. The van der Waals surface area contributed by atoms with E-state index in [-0.39, 0.29) is 11.8 Å². The molecule has 7 heteroatoms. The molecule has 2 aromatic heterocycles. The van der Waals surface area contributed by atoms with E-state index >= 15 is 0 Å². The van der Waals surface area contributed by atoms with Gasteiger partial charge >= 0.3 is 5.97 Å². The molecule has 0 aliphatic carbocycles. The number of ether oxygens (including phenoxy) is 1. The van der Waals surface area contributed by atoms with E-state index in [2.05, 4.69) is 10.1 Å². The van der Waals surface area contributed by atoms with E-state index in [9.17, 15) is 4.79 Å². The van der Waals surface area contributed by atoms with Gasteiger partial charge in [0.05, 0.1) is 21.8 Å². The van der Waals surface area contributed by atoms with Crippen molar-refractivity contribution in [3.63, 3.8) is 0 Å². The first-order valence-electron chi connectivity index (χ1n) is 5.37. The van der Waals surface area contributed by atoms with Crippen LogP contribution in [0.5, 0.6) is 0 Å². The molecule has 4 nitrogen and oxygen atoms in total. The molecule has 0 radical (unpaired) electrons. The molecule has 0 aromatic carbocycles. The van der Waals surface area contributed by atoms with E-state index in [1.807, 2.05) is 0 Å². The van der Waals surface area contributed by atoms with Crippen molar-refractivity contribution in [1.29, 1.82) is 0 Å². The Hall–Kier alpha value is -1.01. The lowest BCUT2D eigenvalue weighted by Gasteiger charge is -2.12. The monoisotopic (exact) mass is 319 g/mol. The molecule has 2 rings (SSSR count). The number of rotatable bonds is 4. The third-order valence-corrected chi connectivity index (χ3v) is 4.10. The molecule has 0 amide bonds. The molecule has 0 bridgehead atoms. The van der Waals surface area contributed by atoms with Gasteiger partial charge in [0.15, 0.2) is 0 Å². The van der Waals surface area contributed by atoms with Gasteiger partial charge in [-0.15, -0.1) is 11.3 Å². The van der Waals surface area contributed by atoms with E-state index in [1.165, 1.54) is 18.4 Å². The lowest BCUT2D eigenvalue weighted by atomic mass is 10.1. The minimum atomic E-state index is -0.518. The summed E-state index contributed by atoms with van der Waals surface area (Å²) in [5.74, 6) is 0.199. The Morgan fingerprint density at radius 2 is 2.21 bits per heavy atom. The number of nitrogens with one attached hydrogen (secondary N) is 1. The molecule has 2 heterocycles. The fourth-order valence-electron chi connectivity index (χ4n) is 1.72. The van der Waals surface area contributed by atoms with Crippen molar-refractivity contribution in [2.45, 2.75) is 6.04 Å². The number of halogens is 2. The highest BCUT2D eigenvalue weighted by Gasteiger charge is 2.22. The standard InChI is InChI=1S/C12H11Cl2NO3S/c1-15-10(6-5-9(13)19-11(6)14)7-3-4-8(18-7)12(16)17-2/h3-5,10,15H,1-2H3. The topological polar surface area (TPSA) is 51.5 Å². The highest BCUT2D eigenvalue weighted by molar-refractivity contribution is 7.20. The van der Waals surface area contributed by atoms with E-state index < -0.39 is 5.97 Å². The van der Waals surface area contributed by atoms with Gasteiger partial charge in [0.1, 0.15) is 5.76 Å². The van der Waals surface area contributed by atoms with Crippen molar-refractivity contribution in [2.75, 3.05) is 14.2 Å². The van der Waals surface area contributed by atoms with Crippen LogP contribution in [0.1, 0.15) is 27.9 Å². The summed E-state index contributed by atoms with van der Waals surface area (Å²) in [5, 5.41) is 3.08. The van der Waals surface area contributed by atoms with E-state index in [0.29, 0.717) is 14.4 Å². The van der Waals surface area contributed by atoms with E-state index in [0.717, 1.165) is 5.56 Å². The molecule has 19 heavy (non-hydrogen) atoms. The number of methoxy groups -OCH3 is 1. The van der Waals surface area contributed by atoms with Crippen LogP contribution in [0.3, 0.4) is 0 Å². The summed E-state index contributed by atoms with van der Waals surface area (Å²) in [7, 11) is 3.07. The Balaban J connectivity index is 2.34. The zero-order valence-electron chi connectivity index (χ0n) is 10.2. The molecule has 1 unspecified atom stereocenters. The Kier molecular flexibility index (Phi) is 4.52. The number of esters is 1. The van der Waals surface area contributed by atoms with Gasteiger partial charge < -0.3 is 14.5 Å². The number of carbonyl (C=O) groups excluding carboxylic acids is 1. The third-order valence-electron chi connectivity index (χ3n) is 2.58. The molecular formula is C12H11Cl2NO3S. The summed E-state index contributed by atoms with van der Waals surface area (Å²) >= 11 is 13.3. The van der Waals surface area contributed by atoms with Crippen LogP contribution in [0.25, 0.3) is 0 Å². The average molecular weight is 320 g/mol. The molecule has 102 valence electrons. The van der Waals surface area contributed by atoms with Crippen molar-refractivity contribution in [1.82, 2.24) is 5.32 Å². The maximum atomic E-state index is 11.4. The van der Waals surface area contributed by atoms with Crippen molar-refractivity contribution >= 4 is 40.5 Å². The first-order valence-corrected chi connectivity index (χ1v) is 6.94. The van der Waals surface area contributed by atoms with Crippen LogP contribution in [0.15, 0.2) is 22.6 Å². The fourth-order valence-corrected chi connectivity index (χ4v) is 3.25. The van der Waals surface area contributed by atoms with Gasteiger partial charge in [-0.05, 0) is 25.2 Å². The third kappa shape index (κ3) is 2.95. The lowest BCUT2D eigenvalue weighted by molar-refractivity contribution is 0.0562. The summed E-state index contributed by atoms with van der Waals surface area (Å²) in [6.07, 6.45) is 0. The first-order chi connectivity index (χ1) is 9.06. The van der Waals surface area contributed by atoms with Gasteiger partial charge in [0.2, 0.25) is 5.76 Å². The molecule has 2 aromatic rings. The Morgan fingerprint density at radius 3 is 2.74 bits per heavy atom. The van der Waals surface area contributed by atoms with Crippen LogP contribution in [-0.2, 0) is 4.74 Å². The molecule has 0 saturated heterocycles. The van der Waals surface area contributed by atoms with Gasteiger partial charge in [0.25, 0.3) is 0 Å². The first kappa shape index (κ1) is 14.4. The van der Waals surface area contributed by atoms with Crippen molar-refractivity contribution in [3.8, 4) is 0 Å². The summed E-state index contributed by atoms with van der Waals surface area (Å²) in [6, 6.07) is 4.77. The van der Waals surface area contributed by atoms with Crippen LogP contribution < -0.4 is 5.32 Å². The summed E-state index contributed by atoms with van der Waals surface area (Å²) < 4.78 is 11.3.